The lowest BCUT2D eigenvalue weighted by Gasteiger charge is -2.02. The van der Waals surface area contributed by atoms with Gasteiger partial charge in [0.25, 0.3) is 5.28 Å². The average molecular weight is 210 g/mol. The second-order valence-corrected chi connectivity index (χ2v) is 3.01. The van der Waals surface area contributed by atoms with Gasteiger partial charge in [0, 0.05) is 0 Å². The largest absolute Gasteiger partial charge is 0.287 e. The minimum Gasteiger partial charge on any atom is -0.287 e. The molecule has 0 radical (unpaired) electrons. The number of rotatable bonds is 3. The van der Waals surface area contributed by atoms with Gasteiger partial charge in [0.15, 0.2) is 0 Å². The highest BCUT2D eigenvalue weighted by molar-refractivity contribution is 6.28. The van der Waals surface area contributed by atoms with Crippen LogP contribution in [0.15, 0.2) is 30.3 Å². The number of benzene rings is 1. The Morgan fingerprint density at radius 3 is 2.71 bits per heavy atom. The van der Waals surface area contributed by atoms with Crippen molar-refractivity contribution in [1.82, 2.24) is 20.3 Å². The van der Waals surface area contributed by atoms with Crippen LogP contribution in [0, 0.1) is 0 Å². The molecule has 0 saturated carbocycles. The third-order valence-corrected chi connectivity index (χ3v) is 1.81. The van der Waals surface area contributed by atoms with Crippen LogP contribution in [-0.2, 0) is 6.54 Å². The third kappa shape index (κ3) is 2.20. The molecule has 0 aliphatic carbocycles. The molecule has 0 spiro atoms. The van der Waals surface area contributed by atoms with Crippen LogP contribution in [0.4, 0.5) is 0 Å². The second-order valence-electron chi connectivity index (χ2n) is 2.67. The summed E-state index contributed by atoms with van der Waals surface area (Å²) in [5.41, 5.74) is 4.07. The first kappa shape index (κ1) is 8.96. The highest BCUT2D eigenvalue weighted by atomic mass is 35.5. The van der Waals surface area contributed by atoms with Gasteiger partial charge in [-0.3, -0.25) is 5.43 Å². The molecule has 0 unspecified atom stereocenters. The quantitative estimate of drug-likeness (QED) is 0.822. The summed E-state index contributed by atoms with van der Waals surface area (Å²) in [6.07, 6.45) is 0. The number of tetrazole rings is 1. The van der Waals surface area contributed by atoms with E-state index in [1.54, 1.807) is 0 Å². The number of nitrogens with zero attached hydrogens (tertiary/aromatic N) is 4. The average Bonchev–Trinajstić information content (AvgIpc) is 2.63. The second kappa shape index (κ2) is 4.06. The molecular formula is C8H8ClN5. The van der Waals surface area contributed by atoms with E-state index >= 15 is 0 Å². The Morgan fingerprint density at radius 2 is 2.07 bits per heavy atom. The monoisotopic (exact) mass is 209 g/mol. The van der Waals surface area contributed by atoms with E-state index < -0.39 is 0 Å². The predicted octanol–water partition coefficient (Wildman–Crippen LogP) is 1.07. The van der Waals surface area contributed by atoms with Crippen LogP contribution in [0.2, 0.25) is 5.28 Å². The van der Waals surface area contributed by atoms with E-state index in [0.717, 1.165) is 5.56 Å². The Hall–Kier alpha value is -1.62. The molecule has 1 heterocycles. The van der Waals surface area contributed by atoms with Crippen molar-refractivity contribution in [2.24, 2.45) is 0 Å². The molecular weight excluding hydrogens is 202 g/mol. The van der Waals surface area contributed by atoms with Crippen molar-refractivity contribution in [3.05, 3.63) is 41.2 Å². The normalized spacial score (nSPS) is 10.1. The standard InChI is InChI=1S/C8H8ClN5/c9-8-11-13-14(12-8)10-6-7-4-2-1-3-5-7/h1-5,10H,6H2. The summed E-state index contributed by atoms with van der Waals surface area (Å²) in [5, 5.41) is 11.1. The maximum atomic E-state index is 5.50. The van der Waals surface area contributed by atoms with Crippen LogP contribution < -0.4 is 5.43 Å². The summed E-state index contributed by atoms with van der Waals surface area (Å²) in [7, 11) is 0. The van der Waals surface area contributed by atoms with Crippen molar-refractivity contribution in [1.29, 1.82) is 0 Å². The molecule has 0 atom stereocenters. The maximum absolute atomic E-state index is 5.50. The number of aromatic nitrogens is 4. The first-order chi connectivity index (χ1) is 6.84. The van der Waals surface area contributed by atoms with E-state index in [-0.39, 0.29) is 5.28 Å². The highest BCUT2D eigenvalue weighted by Crippen LogP contribution is 1.98. The van der Waals surface area contributed by atoms with Gasteiger partial charge >= 0.3 is 0 Å². The summed E-state index contributed by atoms with van der Waals surface area (Å²) in [6.45, 7) is 0.632. The first-order valence-electron chi connectivity index (χ1n) is 4.08. The van der Waals surface area contributed by atoms with Crippen LogP contribution in [0.25, 0.3) is 0 Å². The Kier molecular flexibility index (Phi) is 2.60. The zero-order chi connectivity index (χ0) is 9.80. The molecule has 72 valence electrons. The van der Waals surface area contributed by atoms with Gasteiger partial charge in [-0.2, -0.15) is 0 Å². The molecule has 2 rings (SSSR count). The molecule has 14 heavy (non-hydrogen) atoms. The Bertz CT molecular complexity index is 399. The number of hydrogen-bond donors (Lipinski definition) is 1. The Balaban J connectivity index is 1.95. The summed E-state index contributed by atoms with van der Waals surface area (Å²) < 4.78 is 0. The van der Waals surface area contributed by atoms with E-state index in [9.17, 15) is 0 Å². The minimum atomic E-state index is 0.130. The van der Waals surface area contributed by atoms with Crippen LogP contribution in [0.5, 0.6) is 0 Å². The van der Waals surface area contributed by atoms with Gasteiger partial charge in [-0.15, -0.1) is 0 Å². The fourth-order valence-electron chi connectivity index (χ4n) is 1.02. The molecule has 0 amide bonds. The molecule has 5 nitrogen and oxygen atoms in total. The third-order valence-electron chi connectivity index (χ3n) is 1.66. The molecule has 0 aliphatic rings. The fourth-order valence-corrected chi connectivity index (χ4v) is 1.13. The zero-order valence-electron chi connectivity index (χ0n) is 7.26. The van der Waals surface area contributed by atoms with Gasteiger partial charge in [-0.1, -0.05) is 45.4 Å². The molecule has 0 aliphatic heterocycles. The Labute approximate surface area is 85.7 Å². The highest BCUT2D eigenvalue weighted by Gasteiger charge is 1.97. The fraction of sp³-hybridized carbons (Fsp3) is 0.125. The smallest absolute Gasteiger partial charge is 0.266 e. The zero-order valence-corrected chi connectivity index (χ0v) is 8.02. The van der Waals surface area contributed by atoms with Gasteiger partial charge < -0.3 is 0 Å². The Morgan fingerprint density at radius 1 is 1.29 bits per heavy atom. The molecule has 1 aromatic heterocycles. The molecule has 0 fully saturated rings. The number of hydrogen-bond acceptors (Lipinski definition) is 4. The topological polar surface area (TPSA) is 55.6 Å². The van der Waals surface area contributed by atoms with Crippen LogP contribution in [-0.4, -0.2) is 20.3 Å². The summed E-state index contributed by atoms with van der Waals surface area (Å²) in [5.74, 6) is 0. The molecule has 2 aromatic rings. The van der Waals surface area contributed by atoms with Gasteiger partial charge in [-0.25, -0.2) is 0 Å². The van der Waals surface area contributed by atoms with E-state index in [0.29, 0.717) is 6.54 Å². The lowest BCUT2D eigenvalue weighted by Crippen LogP contribution is -2.17. The molecule has 1 aromatic carbocycles. The van der Waals surface area contributed by atoms with E-state index in [1.165, 1.54) is 4.91 Å². The SMILES string of the molecule is Clc1nnn(NCc2ccccc2)n1. The van der Waals surface area contributed by atoms with Crippen molar-refractivity contribution >= 4 is 11.6 Å². The number of halogens is 1. The van der Waals surface area contributed by atoms with Crippen molar-refractivity contribution in [3.63, 3.8) is 0 Å². The lowest BCUT2D eigenvalue weighted by molar-refractivity contribution is 0.614. The summed E-state index contributed by atoms with van der Waals surface area (Å²) in [4.78, 5) is 1.25. The van der Waals surface area contributed by atoms with E-state index in [2.05, 4.69) is 20.8 Å². The number of nitrogens with one attached hydrogen (secondary N) is 1. The van der Waals surface area contributed by atoms with Crippen LogP contribution in [0.1, 0.15) is 5.56 Å². The van der Waals surface area contributed by atoms with Crippen LogP contribution >= 0.6 is 11.6 Å². The van der Waals surface area contributed by atoms with E-state index in [4.69, 9.17) is 11.6 Å². The van der Waals surface area contributed by atoms with Crippen molar-refractivity contribution in [3.8, 4) is 0 Å². The van der Waals surface area contributed by atoms with Gasteiger partial charge in [0.05, 0.1) is 6.54 Å². The van der Waals surface area contributed by atoms with Gasteiger partial charge in [-0.05, 0) is 22.4 Å². The van der Waals surface area contributed by atoms with Crippen molar-refractivity contribution < 1.29 is 0 Å². The van der Waals surface area contributed by atoms with Gasteiger partial charge in [0.1, 0.15) is 0 Å². The maximum Gasteiger partial charge on any atom is 0.266 e. The lowest BCUT2D eigenvalue weighted by atomic mass is 10.2. The molecule has 0 saturated heterocycles. The first-order valence-corrected chi connectivity index (χ1v) is 4.46. The predicted molar refractivity (Wildman–Crippen MR) is 52.3 cm³/mol. The minimum absolute atomic E-state index is 0.130. The molecule has 1 N–H and O–H groups in total. The van der Waals surface area contributed by atoms with E-state index in [1.807, 2.05) is 30.3 Å². The molecule has 6 heteroatoms. The van der Waals surface area contributed by atoms with Crippen LogP contribution in [0.3, 0.4) is 0 Å². The summed E-state index contributed by atoms with van der Waals surface area (Å²) in [6, 6.07) is 9.92. The molecule has 0 bridgehead atoms. The summed E-state index contributed by atoms with van der Waals surface area (Å²) >= 11 is 5.50. The van der Waals surface area contributed by atoms with Gasteiger partial charge in [0.2, 0.25) is 0 Å². The van der Waals surface area contributed by atoms with Crippen molar-refractivity contribution in [2.45, 2.75) is 6.54 Å². The van der Waals surface area contributed by atoms with Crippen molar-refractivity contribution in [2.75, 3.05) is 5.43 Å².